The van der Waals surface area contributed by atoms with Crippen LogP contribution < -0.4 is 5.32 Å². The standard InChI is InChI=1S/C15H16N2O2S/c1-3-11-4-6-12(7-5-11)17-13-10-14(18)19-15(13,20-2)8-9-16/h4-7,10,17H,3,8H2,1-2H3. The van der Waals surface area contributed by atoms with Gasteiger partial charge in [-0.05, 0) is 30.4 Å². The van der Waals surface area contributed by atoms with Gasteiger partial charge in [0.15, 0.2) is 0 Å². The number of nitriles is 1. The van der Waals surface area contributed by atoms with Crippen molar-refractivity contribution in [1.82, 2.24) is 0 Å². The monoisotopic (exact) mass is 288 g/mol. The maximum atomic E-state index is 11.5. The van der Waals surface area contributed by atoms with Crippen LogP contribution in [0, 0.1) is 11.3 Å². The van der Waals surface area contributed by atoms with E-state index in [1.807, 2.05) is 30.5 Å². The van der Waals surface area contributed by atoms with Crippen LogP contribution in [0.25, 0.3) is 0 Å². The number of hydrogen-bond acceptors (Lipinski definition) is 5. The molecule has 0 saturated carbocycles. The van der Waals surface area contributed by atoms with Gasteiger partial charge in [-0.15, -0.1) is 11.8 Å². The second-order valence-electron chi connectivity index (χ2n) is 4.45. The Morgan fingerprint density at radius 2 is 2.10 bits per heavy atom. The Balaban J connectivity index is 2.23. The van der Waals surface area contributed by atoms with Gasteiger partial charge in [0.05, 0.1) is 18.2 Å². The number of rotatable bonds is 5. The van der Waals surface area contributed by atoms with E-state index in [0.717, 1.165) is 12.1 Å². The Labute approximate surface area is 122 Å². The Morgan fingerprint density at radius 1 is 1.40 bits per heavy atom. The molecule has 0 fully saturated rings. The van der Waals surface area contributed by atoms with Crippen LogP contribution in [0.4, 0.5) is 5.69 Å². The summed E-state index contributed by atoms with van der Waals surface area (Å²) in [5, 5.41) is 12.1. The van der Waals surface area contributed by atoms with Gasteiger partial charge >= 0.3 is 5.97 Å². The van der Waals surface area contributed by atoms with Crippen LogP contribution in [-0.4, -0.2) is 17.2 Å². The van der Waals surface area contributed by atoms with E-state index in [-0.39, 0.29) is 6.42 Å². The number of carbonyl (C=O) groups is 1. The van der Waals surface area contributed by atoms with Gasteiger partial charge in [-0.3, -0.25) is 0 Å². The summed E-state index contributed by atoms with van der Waals surface area (Å²) in [6.07, 6.45) is 4.34. The fraction of sp³-hybridized carbons (Fsp3) is 0.333. The van der Waals surface area contributed by atoms with Crippen LogP contribution in [-0.2, 0) is 16.0 Å². The molecule has 0 spiro atoms. The average molecular weight is 288 g/mol. The van der Waals surface area contributed by atoms with Gasteiger partial charge in [0.25, 0.3) is 0 Å². The second kappa shape index (κ2) is 6.02. The summed E-state index contributed by atoms with van der Waals surface area (Å²) in [4.78, 5) is 10.6. The first kappa shape index (κ1) is 14.5. The fourth-order valence-electron chi connectivity index (χ4n) is 2.04. The van der Waals surface area contributed by atoms with Crippen LogP contribution >= 0.6 is 11.8 Å². The minimum atomic E-state index is -0.921. The highest BCUT2D eigenvalue weighted by Gasteiger charge is 2.43. The summed E-state index contributed by atoms with van der Waals surface area (Å²) in [6.45, 7) is 2.10. The Bertz CT molecular complexity index is 575. The molecule has 0 saturated heterocycles. The van der Waals surface area contributed by atoms with Gasteiger partial charge in [-0.2, -0.15) is 5.26 Å². The van der Waals surface area contributed by atoms with E-state index in [9.17, 15) is 4.79 Å². The number of hydrogen-bond donors (Lipinski definition) is 1. The summed E-state index contributed by atoms with van der Waals surface area (Å²) >= 11 is 1.35. The van der Waals surface area contributed by atoms with Crippen molar-refractivity contribution >= 4 is 23.4 Å². The molecule has 0 amide bonds. The van der Waals surface area contributed by atoms with E-state index in [4.69, 9.17) is 10.00 Å². The molecule has 0 radical (unpaired) electrons. The first-order chi connectivity index (χ1) is 9.63. The van der Waals surface area contributed by atoms with Gasteiger partial charge in [-0.25, -0.2) is 4.79 Å². The topological polar surface area (TPSA) is 62.1 Å². The fourth-order valence-corrected chi connectivity index (χ4v) is 2.75. The minimum absolute atomic E-state index is 0.117. The lowest BCUT2D eigenvalue weighted by atomic mass is 10.1. The Kier molecular flexibility index (Phi) is 4.35. The van der Waals surface area contributed by atoms with Crippen molar-refractivity contribution in [3.8, 4) is 6.07 Å². The summed E-state index contributed by atoms with van der Waals surface area (Å²) in [7, 11) is 0. The highest BCUT2D eigenvalue weighted by Crippen LogP contribution is 2.40. The number of esters is 1. The molecule has 0 aromatic heterocycles. The van der Waals surface area contributed by atoms with E-state index in [2.05, 4.69) is 18.3 Å². The molecule has 20 heavy (non-hydrogen) atoms. The quantitative estimate of drug-likeness (QED) is 0.844. The maximum absolute atomic E-state index is 11.5. The lowest BCUT2D eigenvalue weighted by Crippen LogP contribution is -2.30. The lowest BCUT2D eigenvalue weighted by Gasteiger charge is -2.27. The van der Waals surface area contributed by atoms with Gasteiger partial charge in [0.1, 0.15) is 0 Å². The molecule has 104 valence electrons. The lowest BCUT2D eigenvalue weighted by molar-refractivity contribution is -0.140. The summed E-state index contributed by atoms with van der Waals surface area (Å²) in [6, 6.07) is 10.1. The van der Waals surface area contributed by atoms with Crippen molar-refractivity contribution in [3.63, 3.8) is 0 Å². The number of benzene rings is 1. The Morgan fingerprint density at radius 3 is 2.65 bits per heavy atom. The molecule has 1 unspecified atom stereocenters. The first-order valence-corrected chi connectivity index (χ1v) is 7.59. The zero-order valence-electron chi connectivity index (χ0n) is 11.5. The van der Waals surface area contributed by atoms with Gasteiger partial charge in [-0.1, -0.05) is 19.1 Å². The molecule has 1 N–H and O–H groups in total. The third kappa shape index (κ3) is 2.81. The predicted molar refractivity (Wildman–Crippen MR) is 80.1 cm³/mol. The molecule has 2 rings (SSSR count). The number of nitrogens with one attached hydrogen (secondary N) is 1. The van der Waals surface area contributed by atoms with E-state index < -0.39 is 10.9 Å². The number of thioether (sulfide) groups is 1. The molecular weight excluding hydrogens is 272 g/mol. The van der Waals surface area contributed by atoms with Crippen LogP contribution in [0.1, 0.15) is 18.9 Å². The normalized spacial score (nSPS) is 21.1. The van der Waals surface area contributed by atoms with Crippen molar-refractivity contribution in [3.05, 3.63) is 41.6 Å². The van der Waals surface area contributed by atoms with Gasteiger partial charge < -0.3 is 10.1 Å². The molecule has 0 bridgehead atoms. The van der Waals surface area contributed by atoms with Crippen LogP contribution in [0.2, 0.25) is 0 Å². The number of carbonyl (C=O) groups excluding carboxylic acids is 1. The third-order valence-corrected chi connectivity index (χ3v) is 4.33. The average Bonchev–Trinajstić information content (AvgIpc) is 2.76. The van der Waals surface area contributed by atoms with E-state index in [0.29, 0.717) is 5.70 Å². The molecule has 1 aromatic rings. The summed E-state index contributed by atoms with van der Waals surface area (Å²) in [5.74, 6) is -0.415. The smallest absolute Gasteiger partial charge is 0.334 e. The largest absolute Gasteiger partial charge is 0.437 e. The van der Waals surface area contributed by atoms with Crippen LogP contribution in [0.15, 0.2) is 36.0 Å². The predicted octanol–water partition coefficient (Wildman–Crippen LogP) is 3.07. The number of cyclic esters (lactones) is 1. The summed E-state index contributed by atoms with van der Waals surface area (Å²) < 4.78 is 5.31. The van der Waals surface area contributed by atoms with Crippen LogP contribution in [0.3, 0.4) is 0 Å². The van der Waals surface area contributed by atoms with Crippen molar-refractivity contribution in [1.29, 1.82) is 5.26 Å². The number of nitrogens with zero attached hydrogens (tertiary/aromatic N) is 1. The number of aryl methyl sites for hydroxylation is 1. The Hall–Kier alpha value is -1.93. The minimum Gasteiger partial charge on any atom is -0.437 e. The van der Waals surface area contributed by atoms with Gasteiger partial charge in [0, 0.05) is 11.8 Å². The highest BCUT2D eigenvalue weighted by molar-refractivity contribution is 8.00. The van der Waals surface area contributed by atoms with Crippen molar-refractivity contribution < 1.29 is 9.53 Å². The first-order valence-electron chi connectivity index (χ1n) is 6.36. The molecule has 1 aliphatic rings. The molecule has 1 aliphatic heterocycles. The molecule has 1 aromatic carbocycles. The van der Waals surface area contributed by atoms with Gasteiger partial charge in [0.2, 0.25) is 4.93 Å². The molecule has 1 heterocycles. The number of ether oxygens (including phenoxy) is 1. The number of anilines is 1. The van der Waals surface area contributed by atoms with E-state index >= 15 is 0 Å². The molecule has 4 nitrogen and oxygen atoms in total. The molecule has 1 atom stereocenters. The maximum Gasteiger partial charge on any atom is 0.334 e. The second-order valence-corrected chi connectivity index (χ2v) is 5.51. The highest BCUT2D eigenvalue weighted by atomic mass is 32.2. The molecular formula is C15H16N2O2S. The third-order valence-electron chi connectivity index (χ3n) is 3.22. The molecule has 0 aliphatic carbocycles. The van der Waals surface area contributed by atoms with E-state index in [1.165, 1.54) is 23.4 Å². The zero-order chi connectivity index (χ0) is 14.6. The van der Waals surface area contributed by atoms with E-state index in [1.54, 1.807) is 0 Å². The molecule has 5 heteroatoms. The SMILES string of the molecule is CCc1ccc(NC2=CC(=O)OC2(CC#N)SC)cc1. The van der Waals surface area contributed by atoms with Crippen molar-refractivity contribution in [2.24, 2.45) is 0 Å². The van der Waals surface area contributed by atoms with Crippen LogP contribution in [0.5, 0.6) is 0 Å². The summed E-state index contributed by atoms with van der Waals surface area (Å²) in [5.41, 5.74) is 2.75. The van der Waals surface area contributed by atoms with Crippen molar-refractivity contribution in [2.45, 2.75) is 24.7 Å². The van der Waals surface area contributed by atoms with Crippen molar-refractivity contribution in [2.75, 3.05) is 11.6 Å². The zero-order valence-corrected chi connectivity index (χ0v) is 12.3.